The smallest absolute Gasteiger partial charge is 0.234 e. The van der Waals surface area contributed by atoms with E-state index in [1.54, 1.807) is 28.9 Å². The molecule has 158 valence electrons. The van der Waals surface area contributed by atoms with Gasteiger partial charge in [-0.1, -0.05) is 12.1 Å². The van der Waals surface area contributed by atoms with Crippen LogP contribution < -0.4 is 5.32 Å². The molecule has 0 aliphatic carbocycles. The average molecular weight is 412 g/mol. The van der Waals surface area contributed by atoms with Crippen LogP contribution in [0.3, 0.4) is 0 Å². The highest BCUT2D eigenvalue weighted by atomic mass is 19.1. The Labute approximate surface area is 175 Å². The van der Waals surface area contributed by atoms with Gasteiger partial charge in [-0.2, -0.15) is 5.10 Å². The van der Waals surface area contributed by atoms with E-state index < -0.39 is 0 Å². The van der Waals surface area contributed by atoms with Gasteiger partial charge < -0.3 is 5.32 Å². The number of benzene rings is 2. The van der Waals surface area contributed by atoms with Crippen LogP contribution in [-0.2, 0) is 24.8 Å². The number of carbonyl (C=O) groups excluding carboxylic acids is 1. The second-order valence-electron chi connectivity index (χ2n) is 7.40. The van der Waals surface area contributed by atoms with Crippen LogP contribution >= 0.6 is 0 Å². The molecule has 0 spiro atoms. The van der Waals surface area contributed by atoms with Gasteiger partial charge in [0.15, 0.2) is 0 Å². The molecule has 1 amide bonds. The number of halogens is 2. The van der Waals surface area contributed by atoms with Gasteiger partial charge in [-0.3, -0.25) is 14.4 Å². The zero-order valence-corrected chi connectivity index (χ0v) is 17.2. The van der Waals surface area contributed by atoms with Crippen LogP contribution in [0.15, 0.2) is 54.6 Å². The number of likely N-dealkylation sites (N-methyl/N-ethyl adjacent to an activating group) is 1. The molecule has 0 saturated carbocycles. The van der Waals surface area contributed by atoms with Crippen LogP contribution in [0.2, 0.25) is 0 Å². The zero-order chi connectivity index (χ0) is 21.5. The van der Waals surface area contributed by atoms with Crippen molar-refractivity contribution in [3.8, 4) is 11.3 Å². The van der Waals surface area contributed by atoms with E-state index in [0.29, 0.717) is 13.1 Å². The maximum Gasteiger partial charge on any atom is 0.234 e. The fraction of sp³-hybridized carbons (Fsp3) is 0.304. The lowest BCUT2D eigenvalue weighted by Gasteiger charge is -2.15. The first-order valence-electron chi connectivity index (χ1n) is 9.89. The quantitative estimate of drug-likeness (QED) is 0.585. The fourth-order valence-corrected chi connectivity index (χ4v) is 3.25. The predicted molar refractivity (Wildman–Crippen MR) is 113 cm³/mol. The molecule has 0 bridgehead atoms. The molecular weight excluding hydrogens is 386 g/mol. The predicted octanol–water partition coefficient (Wildman–Crippen LogP) is 3.55. The normalized spacial score (nSPS) is 11.1. The first-order valence-corrected chi connectivity index (χ1v) is 9.89. The third kappa shape index (κ3) is 6.22. The molecule has 7 heteroatoms. The van der Waals surface area contributed by atoms with Crippen LogP contribution in [0.25, 0.3) is 11.3 Å². The van der Waals surface area contributed by atoms with E-state index in [-0.39, 0.29) is 17.5 Å². The lowest BCUT2D eigenvalue weighted by atomic mass is 10.1. The Morgan fingerprint density at radius 2 is 1.70 bits per heavy atom. The lowest BCUT2D eigenvalue weighted by Crippen LogP contribution is -2.35. The lowest BCUT2D eigenvalue weighted by molar-refractivity contribution is -0.122. The largest absolute Gasteiger partial charge is 0.351 e. The average Bonchev–Trinajstić information content (AvgIpc) is 3.08. The highest BCUT2D eigenvalue weighted by Gasteiger charge is 2.10. The van der Waals surface area contributed by atoms with E-state index in [1.807, 2.05) is 25.1 Å². The summed E-state index contributed by atoms with van der Waals surface area (Å²) in [7, 11) is 3.78. The third-order valence-corrected chi connectivity index (χ3v) is 4.86. The van der Waals surface area contributed by atoms with Crippen molar-refractivity contribution in [2.24, 2.45) is 7.05 Å². The first kappa shape index (κ1) is 21.6. The van der Waals surface area contributed by atoms with E-state index in [9.17, 15) is 13.6 Å². The Kier molecular flexibility index (Phi) is 7.30. The van der Waals surface area contributed by atoms with Crippen molar-refractivity contribution in [1.29, 1.82) is 0 Å². The van der Waals surface area contributed by atoms with Gasteiger partial charge in [0, 0.05) is 13.6 Å². The van der Waals surface area contributed by atoms with Gasteiger partial charge in [0.2, 0.25) is 5.91 Å². The summed E-state index contributed by atoms with van der Waals surface area (Å²) in [6.45, 7) is 1.43. The highest BCUT2D eigenvalue weighted by molar-refractivity contribution is 5.77. The Morgan fingerprint density at radius 1 is 1.07 bits per heavy atom. The Bertz CT molecular complexity index is 968. The summed E-state index contributed by atoms with van der Waals surface area (Å²) < 4.78 is 27.8. The van der Waals surface area contributed by atoms with Crippen LogP contribution in [0.5, 0.6) is 0 Å². The van der Waals surface area contributed by atoms with Crippen LogP contribution in [0.4, 0.5) is 8.78 Å². The number of amides is 1. The Balaban J connectivity index is 1.41. The second kappa shape index (κ2) is 10.1. The fourth-order valence-electron chi connectivity index (χ4n) is 3.25. The Hall–Kier alpha value is -3.06. The zero-order valence-electron chi connectivity index (χ0n) is 17.2. The van der Waals surface area contributed by atoms with Gasteiger partial charge >= 0.3 is 0 Å². The SMILES string of the molecule is CN(CCCc1cc(-c2ccc(F)cc2)n(C)n1)CC(=O)NCc1ccc(F)cc1. The Morgan fingerprint density at radius 3 is 2.37 bits per heavy atom. The molecule has 0 aliphatic rings. The summed E-state index contributed by atoms with van der Waals surface area (Å²) >= 11 is 0. The standard InChI is InChI=1S/C23H26F2N4O/c1-28(16-23(30)26-15-17-5-9-19(24)10-6-17)13-3-4-21-14-22(29(2)27-21)18-7-11-20(25)12-8-18/h5-12,14H,3-4,13,15-16H2,1-2H3,(H,26,30). The molecule has 1 heterocycles. The molecule has 0 unspecified atom stereocenters. The van der Waals surface area contributed by atoms with E-state index >= 15 is 0 Å². The number of hydrogen-bond donors (Lipinski definition) is 1. The molecule has 2 aromatic carbocycles. The second-order valence-corrected chi connectivity index (χ2v) is 7.40. The highest BCUT2D eigenvalue weighted by Crippen LogP contribution is 2.20. The number of carbonyl (C=O) groups is 1. The van der Waals surface area contributed by atoms with Gasteiger partial charge in [0.05, 0.1) is 17.9 Å². The molecule has 1 N–H and O–H groups in total. The molecule has 30 heavy (non-hydrogen) atoms. The van der Waals surface area contributed by atoms with Gasteiger partial charge in [-0.15, -0.1) is 0 Å². The number of nitrogens with one attached hydrogen (secondary N) is 1. The van der Waals surface area contributed by atoms with Gasteiger partial charge in [-0.05, 0) is 80.0 Å². The van der Waals surface area contributed by atoms with Crippen molar-refractivity contribution in [3.63, 3.8) is 0 Å². The molecule has 0 fully saturated rings. The summed E-state index contributed by atoms with van der Waals surface area (Å²) in [5.74, 6) is -0.619. The molecule has 0 aliphatic heterocycles. The van der Waals surface area contributed by atoms with Crippen molar-refractivity contribution in [2.75, 3.05) is 20.1 Å². The molecule has 0 radical (unpaired) electrons. The molecule has 3 rings (SSSR count). The topological polar surface area (TPSA) is 50.2 Å². The number of nitrogens with zero attached hydrogens (tertiary/aromatic N) is 3. The molecule has 0 atom stereocenters. The van der Waals surface area contributed by atoms with Crippen LogP contribution in [-0.4, -0.2) is 40.7 Å². The van der Waals surface area contributed by atoms with Crippen LogP contribution in [0, 0.1) is 11.6 Å². The molecule has 5 nitrogen and oxygen atoms in total. The maximum absolute atomic E-state index is 13.1. The van der Waals surface area contributed by atoms with Gasteiger partial charge in [-0.25, -0.2) is 8.78 Å². The maximum atomic E-state index is 13.1. The van der Waals surface area contributed by atoms with Crippen LogP contribution in [0.1, 0.15) is 17.7 Å². The van der Waals surface area contributed by atoms with Gasteiger partial charge in [0.1, 0.15) is 11.6 Å². The number of aromatic nitrogens is 2. The summed E-state index contributed by atoms with van der Waals surface area (Å²) in [5, 5.41) is 7.38. The van der Waals surface area contributed by atoms with E-state index in [2.05, 4.69) is 10.4 Å². The minimum atomic E-state index is -0.289. The first-order chi connectivity index (χ1) is 14.4. The van der Waals surface area contributed by atoms with Crippen molar-refractivity contribution in [3.05, 3.63) is 77.5 Å². The minimum absolute atomic E-state index is 0.0711. The minimum Gasteiger partial charge on any atom is -0.351 e. The molecule has 0 saturated heterocycles. The summed E-state index contributed by atoms with van der Waals surface area (Å²) in [6, 6.07) is 14.5. The van der Waals surface area contributed by atoms with Crippen molar-refractivity contribution >= 4 is 5.91 Å². The van der Waals surface area contributed by atoms with Gasteiger partial charge in [0.25, 0.3) is 0 Å². The van der Waals surface area contributed by atoms with E-state index in [4.69, 9.17) is 0 Å². The number of aryl methyl sites for hydroxylation is 2. The van der Waals surface area contributed by atoms with E-state index in [0.717, 1.165) is 41.9 Å². The third-order valence-electron chi connectivity index (χ3n) is 4.86. The summed E-state index contributed by atoms with van der Waals surface area (Å²) in [6.07, 6.45) is 1.65. The monoisotopic (exact) mass is 412 g/mol. The van der Waals surface area contributed by atoms with Crippen molar-refractivity contribution in [1.82, 2.24) is 20.0 Å². The molecular formula is C23H26F2N4O. The van der Waals surface area contributed by atoms with Crippen molar-refractivity contribution in [2.45, 2.75) is 19.4 Å². The summed E-state index contributed by atoms with van der Waals surface area (Å²) in [5.41, 5.74) is 3.69. The van der Waals surface area contributed by atoms with Crippen molar-refractivity contribution < 1.29 is 13.6 Å². The summed E-state index contributed by atoms with van der Waals surface area (Å²) in [4.78, 5) is 14.0. The number of rotatable bonds is 9. The number of hydrogen-bond acceptors (Lipinski definition) is 3. The molecule has 1 aromatic heterocycles. The van der Waals surface area contributed by atoms with E-state index in [1.165, 1.54) is 24.3 Å². The molecule has 3 aromatic rings.